The van der Waals surface area contributed by atoms with Crippen LogP contribution >= 0.6 is 11.8 Å². The predicted octanol–water partition coefficient (Wildman–Crippen LogP) is 3.60. The molecule has 2 heterocycles. The number of aromatic nitrogens is 4. The van der Waals surface area contributed by atoms with Crippen LogP contribution in [0.4, 0.5) is 5.69 Å². The van der Waals surface area contributed by atoms with Gasteiger partial charge in [-0.1, -0.05) is 37.7 Å². The van der Waals surface area contributed by atoms with Crippen molar-refractivity contribution < 1.29 is 4.79 Å². The Bertz CT molecular complexity index is 911. The highest BCUT2D eigenvalue weighted by molar-refractivity contribution is 7.99. The minimum absolute atomic E-state index is 0.0516. The highest BCUT2D eigenvalue weighted by Crippen LogP contribution is 2.19. The van der Waals surface area contributed by atoms with Gasteiger partial charge in [-0.15, -0.1) is 10.2 Å². The molecule has 3 aromatic rings. The standard InChI is InChI=1S/C20H25N5OS/c1-14(2)15-7-9-16(10-8-15)21-19(26)13-27-20-23-22-18(25(20)4)12-17-6-5-11-24(17)3/h5-11,14H,12-13H2,1-4H3,(H,21,26). The Hall–Kier alpha value is -2.54. The summed E-state index contributed by atoms with van der Waals surface area (Å²) in [5, 5.41) is 12.2. The van der Waals surface area contributed by atoms with E-state index in [0.717, 1.165) is 16.7 Å². The number of thioether (sulfide) groups is 1. The molecule has 0 radical (unpaired) electrons. The average Bonchev–Trinajstić information content (AvgIpc) is 3.20. The molecular weight excluding hydrogens is 358 g/mol. The molecule has 3 rings (SSSR count). The van der Waals surface area contributed by atoms with Crippen LogP contribution in [0.3, 0.4) is 0 Å². The van der Waals surface area contributed by atoms with E-state index in [0.29, 0.717) is 18.1 Å². The third kappa shape index (κ3) is 4.80. The summed E-state index contributed by atoms with van der Waals surface area (Å²) >= 11 is 1.39. The van der Waals surface area contributed by atoms with Crippen LogP contribution in [0.15, 0.2) is 47.8 Å². The SMILES string of the molecule is CC(C)c1ccc(NC(=O)CSc2nnc(Cc3cccn3C)n2C)cc1. The Balaban J connectivity index is 1.55. The van der Waals surface area contributed by atoms with Gasteiger partial charge in [0.25, 0.3) is 0 Å². The van der Waals surface area contributed by atoms with Gasteiger partial charge < -0.3 is 14.5 Å². The van der Waals surface area contributed by atoms with Gasteiger partial charge in [0.15, 0.2) is 5.16 Å². The quantitative estimate of drug-likeness (QED) is 0.633. The number of carbonyl (C=O) groups excluding carboxylic acids is 1. The van der Waals surface area contributed by atoms with E-state index in [4.69, 9.17) is 0 Å². The van der Waals surface area contributed by atoms with Crippen molar-refractivity contribution in [1.82, 2.24) is 19.3 Å². The number of nitrogens with zero attached hydrogens (tertiary/aromatic N) is 4. The predicted molar refractivity (Wildman–Crippen MR) is 109 cm³/mol. The minimum atomic E-state index is -0.0516. The zero-order chi connectivity index (χ0) is 19.4. The maximum Gasteiger partial charge on any atom is 0.234 e. The van der Waals surface area contributed by atoms with E-state index >= 15 is 0 Å². The second-order valence-corrected chi connectivity index (χ2v) is 7.80. The first-order chi connectivity index (χ1) is 12.9. The third-order valence-corrected chi connectivity index (χ3v) is 5.53. The van der Waals surface area contributed by atoms with Crippen molar-refractivity contribution in [3.63, 3.8) is 0 Å². The Kier molecular flexibility index (Phi) is 6.01. The van der Waals surface area contributed by atoms with Gasteiger partial charge in [-0.05, 0) is 35.7 Å². The molecule has 6 nitrogen and oxygen atoms in total. The second kappa shape index (κ2) is 8.43. The van der Waals surface area contributed by atoms with E-state index in [-0.39, 0.29) is 5.91 Å². The molecule has 142 valence electrons. The summed E-state index contributed by atoms with van der Waals surface area (Å²) in [5.74, 6) is 1.60. The molecule has 2 aromatic heterocycles. The average molecular weight is 384 g/mol. The smallest absolute Gasteiger partial charge is 0.234 e. The lowest BCUT2D eigenvalue weighted by Crippen LogP contribution is -2.14. The summed E-state index contributed by atoms with van der Waals surface area (Å²) in [6.45, 7) is 4.30. The highest BCUT2D eigenvalue weighted by Gasteiger charge is 2.13. The molecule has 0 saturated heterocycles. The van der Waals surface area contributed by atoms with Crippen LogP contribution in [0.2, 0.25) is 0 Å². The molecule has 1 amide bonds. The molecule has 0 unspecified atom stereocenters. The monoisotopic (exact) mass is 383 g/mol. The third-order valence-electron chi connectivity index (χ3n) is 4.51. The number of anilines is 1. The fourth-order valence-electron chi connectivity index (χ4n) is 2.75. The summed E-state index contributed by atoms with van der Waals surface area (Å²) in [6.07, 6.45) is 2.72. The van der Waals surface area contributed by atoms with Gasteiger partial charge in [0.2, 0.25) is 5.91 Å². The number of aryl methyl sites for hydroxylation is 1. The summed E-state index contributed by atoms with van der Waals surface area (Å²) in [7, 11) is 3.95. The van der Waals surface area contributed by atoms with Crippen molar-refractivity contribution in [1.29, 1.82) is 0 Å². The molecule has 1 aromatic carbocycles. The molecule has 7 heteroatoms. The first-order valence-electron chi connectivity index (χ1n) is 8.95. The fraction of sp³-hybridized carbons (Fsp3) is 0.350. The summed E-state index contributed by atoms with van der Waals surface area (Å²) in [5.41, 5.74) is 3.24. The number of carbonyl (C=O) groups is 1. The van der Waals surface area contributed by atoms with E-state index in [2.05, 4.69) is 40.0 Å². The molecule has 27 heavy (non-hydrogen) atoms. The zero-order valence-corrected chi connectivity index (χ0v) is 17.0. The van der Waals surface area contributed by atoms with Crippen LogP contribution in [0.5, 0.6) is 0 Å². The largest absolute Gasteiger partial charge is 0.354 e. The topological polar surface area (TPSA) is 64.7 Å². The Labute approximate surface area is 164 Å². The van der Waals surface area contributed by atoms with Gasteiger partial charge in [0.05, 0.1) is 5.75 Å². The van der Waals surface area contributed by atoms with Gasteiger partial charge in [0, 0.05) is 38.1 Å². The second-order valence-electron chi connectivity index (χ2n) is 6.86. The molecule has 0 fully saturated rings. The molecule has 0 bridgehead atoms. The number of rotatable bonds is 7. The lowest BCUT2D eigenvalue weighted by molar-refractivity contribution is -0.113. The van der Waals surface area contributed by atoms with Crippen molar-refractivity contribution in [3.8, 4) is 0 Å². The minimum Gasteiger partial charge on any atom is -0.354 e. The van der Waals surface area contributed by atoms with Crippen LogP contribution in [0.25, 0.3) is 0 Å². The lowest BCUT2D eigenvalue weighted by Gasteiger charge is -2.08. The first-order valence-corrected chi connectivity index (χ1v) is 9.93. The Morgan fingerprint density at radius 3 is 2.52 bits per heavy atom. The normalized spacial score (nSPS) is 11.1. The molecule has 0 aliphatic rings. The highest BCUT2D eigenvalue weighted by atomic mass is 32.2. The number of amides is 1. The fourth-order valence-corrected chi connectivity index (χ4v) is 3.48. The van der Waals surface area contributed by atoms with Gasteiger partial charge in [0.1, 0.15) is 5.82 Å². The van der Waals surface area contributed by atoms with Crippen LogP contribution < -0.4 is 5.32 Å². The Morgan fingerprint density at radius 2 is 1.89 bits per heavy atom. The molecule has 0 atom stereocenters. The molecule has 0 spiro atoms. The summed E-state index contributed by atoms with van der Waals surface area (Å²) in [4.78, 5) is 12.2. The summed E-state index contributed by atoms with van der Waals surface area (Å²) < 4.78 is 4.02. The van der Waals surface area contributed by atoms with Gasteiger partial charge in [-0.25, -0.2) is 0 Å². The number of hydrogen-bond acceptors (Lipinski definition) is 4. The maximum atomic E-state index is 12.2. The van der Waals surface area contributed by atoms with Crippen LogP contribution in [0.1, 0.15) is 36.8 Å². The first kappa shape index (κ1) is 19.2. The number of benzene rings is 1. The van der Waals surface area contributed by atoms with Gasteiger partial charge >= 0.3 is 0 Å². The van der Waals surface area contributed by atoms with Crippen molar-refractivity contribution >= 4 is 23.4 Å². The van der Waals surface area contributed by atoms with E-state index in [9.17, 15) is 4.79 Å². The van der Waals surface area contributed by atoms with E-state index in [1.165, 1.54) is 23.0 Å². The molecule has 0 aliphatic carbocycles. The van der Waals surface area contributed by atoms with Crippen molar-refractivity contribution in [2.45, 2.75) is 31.3 Å². The van der Waals surface area contributed by atoms with E-state index in [1.54, 1.807) is 0 Å². The van der Waals surface area contributed by atoms with Crippen LogP contribution in [-0.2, 0) is 25.3 Å². The zero-order valence-electron chi connectivity index (χ0n) is 16.1. The van der Waals surface area contributed by atoms with Crippen molar-refractivity contribution in [3.05, 3.63) is 59.7 Å². The van der Waals surface area contributed by atoms with Gasteiger partial charge in [-0.3, -0.25) is 4.79 Å². The molecule has 0 aliphatic heterocycles. The maximum absolute atomic E-state index is 12.2. The number of hydrogen-bond donors (Lipinski definition) is 1. The van der Waals surface area contributed by atoms with E-state index in [1.807, 2.05) is 55.2 Å². The Morgan fingerprint density at radius 1 is 1.15 bits per heavy atom. The van der Waals surface area contributed by atoms with Crippen LogP contribution in [0, 0.1) is 0 Å². The molecule has 1 N–H and O–H groups in total. The van der Waals surface area contributed by atoms with E-state index < -0.39 is 0 Å². The lowest BCUT2D eigenvalue weighted by atomic mass is 10.0. The van der Waals surface area contributed by atoms with Crippen molar-refractivity contribution in [2.24, 2.45) is 14.1 Å². The van der Waals surface area contributed by atoms with Gasteiger partial charge in [-0.2, -0.15) is 0 Å². The van der Waals surface area contributed by atoms with Crippen LogP contribution in [-0.4, -0.2) is 31.0 Å². The van der Waals surface area contributed by atoms with Crippen molar-refractivity contribution in [2.75, 3.05) is 11.1 Å². The summed E-state index contributed by atoms with van der Waals surface area (Å²) in [6, 6.07) is 12.1. The molecular formula is C20H25N5OS. The number of nitrogens with one attached hydrogen (secondary N) is 1. The molecule has 0 saturated carbocycles.